The molecule has 0 heterocycles. The molecule has 0 bridgehead atoms. The molecule has 98 valence electrons. The molecule has 0 radical (unpaired) electrons. The molecule has 0 fully saturated rings. The topological polar surface area (TPSA) is 52.9 Å². The van der Waals surface area contributed by atoms with Crippen LogP contribution in [0.15, 0.2) is 30.0 Å². The summed E-state index contributed by atoms with van der Waals surface area (Å²) in [6.07, 6.45) is 2.74. The molecule has 0 aromatic heterocycles. The Balaban J connectivity index is 2.30. The van der Waals surface area contributed by atoms with E-state index in [2.05, 4.69) is 5.32 Å². The largest absolute Gasteiger partial charge is 0.358 e. The molecule has 0 saturated heterocycles. The van der Waals surface area contributed by atoms with Crippen LogP contribution in [0.25, 0.3) is 0 Å². The lowest BCUT2D eigenvalue weighted by Gasteiger charge is -2.29. The lowest BCUT2D eigenvalue weighted by Crippen LogP contribution is -2.24. The van der Waals surface area contributed by atoms with Crippen molar-refractivity contribution in [2.75, 3.05) is 5.32 Å². The maximum absolute atomic E-state index is 13.5. The standard InChI is InChI=1S/C15H15FN2O/c1-15(2)7-10(6-11(19)8-15)18-14-5-3-4-13(16)12(14)9-17/h3-6,18H,7-8H2,1-2H3. The average Bonchev–Trinajstić information content (AvgIpc) is 2.26. The van der Waals surface area contributed by atoms with Gasteiger partial charge in [-0.2, -0.15) is 5.26 Å². The number of ketones is 1. The van der Waals surface area contributed by atoms with Crippen molar-refractivity contribution in [3.8, 4) is 6.07 Å². The minimum absolute atomic E-state index is 0.0285. The van der Waals surface area contributed by atoms with Crippen molar-refractivity contribution in [1.29, 1.82) is 5.26 Å². The monoisotopic (exact) mass is 258 g/mol. The van der Waals surface area contributed by atoms with Crippen LogP contribution < -0.4 is 5.32 Å². The second kappa shape index (κ2) is 4.85. The molecule has 2 rings (SSSR count). The van der Waals surface area contributed by atoms with E-state index in [0.717, 1.165) is 5.70 Å². The summed E-state index contributed by atoms with van der Waals surface area (Å²) in [6, 6.07) is 6.25. The van der Waals surface area contributed by atoms with Crippen molar-refractivity contribution in [1.82, 2.24) is 0 Å². The maximum atomic E-state index is 13.5. The third kappa shape index (κ3) is 3.00. The number of carbonyl (C=O) groups excluding carboxylic acids is 1. The minimum Gasteiger partial charge on any atom is -0.358 e. The first-order valence-electron chi connectivity index (χ1n) is 6.10. The van der Waals surface area contributed by atoms with Crippen molar-refractivity contribution in [2.24, 2.45) is 5.41 Å². The van der Waals surface area contributed by atoms with Gasteiger partial charge >= 0.3 is 0 Å². The van der Waals surface area contributed by atoms with Gasteiger partial charge in [-0.3, -0.25) is 4.79 Å². The van der Waals surface area contributed by atoms with Crippen LogP contribution in [0.1, 0.15) is 32.3 Å². The highest BCUT2D eigenvalue weighted by Gasteiger charge is 2.27. The van der Waals surface area contributed by atoms with Crippen LogP contribution in [-0.4, -0.2) is 5.78 Å². The number of rotatable bonds is 2. The minimum atomic E-state index is -0.561. The molecule has 0 unspecified atom stereocenters. The van der Waals surface area contributed by atoms with Gasteiger partial charge in [-0.1, -0.05) is 19.9 Å². The van der Waals surface area contributed by atoms with Gasteiger partial charge in [-0.15, -0.1) is 0 Å². The fourth-order valence-electron chi connectivity index (χ4n) is 2.34. The first-order valence-corrected chi connectivity index (χ1v) is 6.10. The van der Waals surface area contributed by atoms with Crippen molar-refractivity contribution in [3.63, 3.8) is 0 Å². The predicted molar refractivity (Wildman–Crippen MR) is 70.8 cm³/mol. The second-order valence-electron chi connectivity index (χ2n) is 5.55. The maximum Gasteiger partial charge on any atom is 0.157 e. The van der Waals surface area contributed by atoms with Crippen molar-refractivity contribution in [3.05, 3.63) is 41.4 Å². The number of halogens is 1. The van der Waals surface area contributed by atoms with E-state index in [-0.39, 0.29) is 16.8 Å². The van der Waals surface area contributed by atoms with Crippen molar-refractivity contribution < 1.29 is 9.18 Å². The van der Waals surface area contributed by atoms with E-state index in [1.54, 1.807) is 6.07 Å². The van der Waals surface area contributed by atoms with Crippen molar-refractivity contribution >= 4 is 11.5 Å². The molecular weight excluding hydrogens is 243 g/mol. The fourth-order valence-corrected chi connectivity index (χ4v) is 2.34. The van der Waals surface area contributed by atoms with Gasteiger partial charge in [0.25, 0.3) is 0 Å². The Hall–Kier alpha value is -2.15. The van der Waals surface area contributed by atoms with Crippen LogP contribution in [0.5, 0.6) is 0 Å². The number of nitriles is 1. The summed E-state index contributed by atoms with van der Waals surface area (Å²) in [4.78, 5) is 11.6. The van der Waals surface area contributed by atoms with E-state index in [1.807, 2.05) is 19.9 Å². The molecule has 0 spiro atoms. The van der Waals surface area contributed by atoms with E-state index in [0.29, 0.717) is 18.5 Å². The summed E-state index contributed by atoms with van der Waals surface area (Å²) >= 11 is 0. The van der Waals surface area contributed by atoms with Gasteiger partial charge in [0.15, 0.2) is 5.78 Å². The molecule has 0 saturated carbocycles. The van der Waals surface area contributed by atoms with Crippen LogP contribution in [-0.2, 0) is 4.79 Å². The molecule has 0 atom stereocenters. The van der Waals surface area contributed by atoms with Gasteiger partial charge in [-0.25, -0.2) is 4.39 Å². The number of anilines is 1. The normalized spacial score (nSPS) is 17.6. The molecule has 1 aromatic carbocycles. The van der Waals surface area contributed by atoms with Crippen LogP contribution in [0.4, 0.5) is 10.1 Å². The first kappa shape index (κ1) is 13.3. The number of nitrogens with one attached hydrogen (secondary N) is 1. The van der Waals surface area contributed by atoms with Crippen LogP contribution >= 0.6 is 0 Å². The molecule has 19 heavy (non-hydrogen) atoms. The number of hydrogen-bond acceptors (Lipinski definition) is 3. The molecule has 4 heteroatoms. The fraction of sp³-hybridized carbons (Fsp3) is 0.333. The van der Waals surface area contributed by atoms with E-state index < -0.39 is 5.82 Å². The van der Waals surface area contributed by atoms with E-state index in [9.17, 15) is 9.18 Å². The quantitative estimate of drug-likeness (QED) is 0.884. The summed E-state index contributed by atoms with van der Waals surface area (Å²) in [6.45, 7) is 4.02. The Kier molecular flexibility index (Phi) is 3.39. The number of benzene rings is 1. The highest BCUT2D eigenvalue weighted by atomic mass is 19.1. The number of hydrogen-bond donors (Lipinski definition) is 1. The smallest absolute Gasteiger partial charge is 0.157 e. The molecule has 1 aliphatic carbocycles. The zero-order valence-electron chi connectivity index (χ0n) is 11.0. The predicted octanol–water partition coefficient (Wildman–Crippen LogP) is 3.38. The van der Waals surface area contributed by atoms with E-state index >= 15 is 0 Å². The number of allylic oxidation sites excluding steroid dienone is 2. The molecule has 3 nitrogen and oxygen atoms in total. The molecule has 1 aliphatic rings. The Bertz CT molecular complexity index is 597. The van der Waals surface area contributed by atoms with E-state index in [4.69, 9.17) is 5.26 Å². The van der Waals surface area contributed by atoms with Gasteiger partial charge in [0.05, 0.1) is 5.69 Å². The average molecular weight is 258 g/mol. The Morgan fingerprint density at radius 3 is 2.74 bits per heavy atom. The second-order valence-corrected chi connectivity index (χ2v) is 5.55. The summed E-state index contributed by atoms with van der Waals surface area (Å²) in [7, 11) is 0. The van der Waals surface area contributed by atoms with E-state index in [1.165, 1.54) is 18.2 Å². The number of nitrogens with zero attached hydrogens (tertiary/aromatic N) is 1. The summed E-state index contributed by atoms with van der Waals surface area (Å²) < 4.78 is 13.5. The Morgan fingerprint density at radius 2 is 2.11 bits per heavy atom. The zero-order valence-corrected chi connectivity index (χ0v) is 11.0. The van der Waals surface area contributed by atoms with Crippen LogP contribution in [0, 0.1) is 22.6 Å². The Labute approximate surface area is 111 Å². The van der Waals surface area contributed by atoms with Gasteiger partial charge in [0.1, 0.15) is 17.4 Å². The zero-order chi connectivity index (χ0) is 14.0. The Morgan fingerprint density at radius 1 is 1.37 bits per heavy atom. The SMILES string of the molecule is CC1(C)CC(=O)C=C(Nc2cccc(F)c2C#N)C1. The van der Waals surface area contributed by atoms with Crippen LogP contribution in [0.2, 0.25) is 0 Å². The molecule has 1 N–H and O–H groups in total. The number of carbonyl (C=O) groups is 1. The molecule has 1 aromatic rings. The lowest BCUT2D eigenvalue weighted by atomic mass is 9.79. The summed E-state index contributed by atoms with van der Waals surface area (Å²) in [5, 5.41) is 12.0. The van der Waals surface area contributed by atoms with Gasteiger partial charge in [0, 0.05) is 18.2 Å². The van der Waals surface area contributed by atoms with Crippen molar-refractivity contribution in [2.45, 2.75) is 26.7 Å². The molecule has 0 aliphatic heterocycles. The highest BCUT2D eigenvalue weighted by Crippen LogP contribution is 2.34. The molecule has 0 amide bonds. The first-order chi connectivity index (χ1) is 8.91. The summed E-state index contributed by atoms with van der Waals surface area (Å²) in [5.41, 5.74) is 0.982. The third-order valence-electron chi connectivity index (χ3n) is 3.08. The summed E-state index contributed by atoms with van der Waals surface area (Å²) in [5.74, 6) is -0.511. The highest BCUT2D eigenvalue weighted by molar-refractivity contribution is 5.92. The van der Waals surface area contributed by atoms with Crippen LogP contribution in [0.3, 0.4) is 0 Å². The lowest BCUT2D eigenvalue weighted by molar-refractivity contribution is -0.117. The third-order valence-corrected chi connectivity index (χ3v) is 3.08. The van der Waals surface area contributed by atoms with Gasteiger partial charge in [-0.05, 0) is 24.0 Å². The molecular formula is C15H15FN2O. The van der Waals surface area contributed by atoms with Gasteiger partial charge < -0.3 is 5.32 Å². The van der Waals surface area contributed by atoms with Gasteiger partial charge in [0.2, 0.25) is 0 Å².